The molecule has 1 rings (SSSR count). The monoisotopic (exact) mass is 215 g/mol. The van der Waals surface area contributed by atoms with Gasteiger partial charge in [-0.25, -0.2) is 0 Å². The normalized spacial score (nSPS) is 11.5. The summed E-state index contributed by atoms with van der Waals surface area (Å²) in [5.41, 5.74) is 6.12. The molecule has 1 aromatic carbocycles. The number of aliphatic carboxylic acids is 1. The Kier molecular flexibility index (Phi) is 5.13. The van der Waals surface area contributed by atoms with Crippen molar-refractivity contribution in [3.05, 3.63) is 29.8 Å². The first-order chi connectivity index (χ1) is 6.09. The number of carbonyl (C=O) groups is 1. The lowest BCUT2D eigenvalue weighted by atomic mass is 10.1. The van der Waals surface area contributed by atoms with Crippen LogP contribution < -0.4 is 5.73 Å². The molecule has 0 spiro atoms. The zero-order valence-corrected chi connectivity index (χ0v) is 9.10. The maximum atomic E-state index is 10.4. The molecule has 2 atom stereocenters. The molecule has 2 unspecified atom stereocenters. The Hall–Kier alpha value is -1.12. The van der Waals surface area contributed by atoms with Crippen molar-refractivity contribution in [1.29, 1.82) is 0 Å². The highest BCUT2D eigenvalue weighted by Gasteiger charge is 2.11. The first-order valence-electron chi connectivity index (χ1n) is 3.86. The summed E-state index contributed by atoms with van der Waals surface area (Å²) in [6.07, 6.45) is 0.273. The summed E-state index contributed by atoms with van der Waals surface area (Å²) in [5, 5.41) is 17.5. The van der Waals surface area contributed by atoms with E-state index in [2.05, 4.69) is 0 Å². The third kappa shape index (κ3) is 3.73. The van der Waals surface area contributed by atoms with Crippen LogP contribution in [0.25, 0.3) is 0 Å². The van der Waals surface area contributed by atoms with E-state index in [0.29, 0.717) is 0 Å². The van der Waals surface area contributed by atoms with Crippen molar-refractivity contribution in [2.24, 2.45) is 5.73 Å². The van der Waals surface area contributed by atoms with E-state index in [0.717, 1.165) is 5.56 Å². The van der Waals surface area contributed by atoms with E-state index >= 15 is 0 Å². The van der Waals surface area contributed by atoms with Crippen molar-refractivity contribution >= 4 is 15.9 Å². The number of hydrogen-bond acceptors (Lipinski definition) is 3. The lowest BCUT2D eigenvalue weighted by Gasteiger charge is -2.05. The molecule has 0 amide bonds. The topological polar surface area (TPSA) is 83.5 Å². The van der Waals surface area contributed by atoms with Crippen molar-refractivity contribution in [2.75, 3.05) is 0 Å². The van der Waals surface area contributed by atoms with Gasteiger partial charge in [-0.2, -0.15) is 9.90 Å². The van der Waals surface area contributed by atoms with Gasteiger partial charge in [0.1, 0.15) is 11.8 Å². The Morgan fingerprint density at radius 3 is 2.29 bits per heavy atom. The van der Waals surface area contributed by atoms with Crippen LogP contribution in [-0.4, -0.2) is 22.2 Å². The van der Waals surface area contributed by atoms with Gasteiger partial charge in [0.2, 0.25) is 0 Å². The largest absolute Gasteiger partial charge is 0.508 e. The number of carboxylic acids is 1. The van der Waals surface area contributed by atoms with Gasteiger partial charge < -0.3 is 15.9 Å². The van der Waals surface area contributed by atoms with Crippen LogP contribution >= 0.6 is 9.90 Å². The number of rotatable bonds is 3. The minimum Gasteiger partial charge on any atom is -0.508 e. The Morgan fingerprint density at radius 1 is 1.36 bits per heavy atom. The lowest BCUT2D eigenvalue weighted by molar-refractivity contribution is -0.138. The van der Waals surface area contributed by atoms with Gasteiger partial charge in [-0.3, -0.25) is 4.79 Å². The quantitative estimate of drug-likeness (QED) is 0.637. The number of benzene rings is 1. The smallest absolute Gasteiger partial charge is 0.320 e. The molecular formula is C9H14NO3P. The Balaban J connectivity index is 0.00000169. The number of phenols is 1. The fourth-order valence-electron chi connectivity index (χ4n) is 0.973. The molecule has 1 aromatic rings. The molecule has 14 heavy (non-hydrogen) atoms. The van der Waals surface area contributed by atoms with E-state index in [1.165, 1.54) is 12.1 Å². The minimum absolute atomic E-state index is 0. The summed E-state index contributed by atoms with van der Waals surface area (Å²) in [6.45, 7) is 0. The third-order valence-electron chi connectivity index (χ3n) is 1.71. The van der Waals surface area contributed by atoms with Crippen LogP contribution in [0.3, 0.4) is 0 Å². The second-order valence-electron chi connectivity index (χ2n) is 2.82. The van der Waals surface area contributed by atoms with Crippen LogP contribution in [-0.2, 0) is 11.2 Å². The summed E-state index contributed by atoms with van der Waals surface area (Å²) in [6, 6.07) is 5.42. The Bertz CT molecular complexity index is 299. The average Bonchev–Trinajstić information content (AvgIpc) is 2.08. The number of aromatic hydroxyl groups is 1. The number of nitrogens with two attached hydrogens (primary N) is 1. The maximum absolute atomic E-state index is 10.4. The molecule has 5 heteroatoms. The van der Waals surface area contributed by atoms with Gasteiger partial charge in [0.25, 0.3) is 0 Å². The van der Waals surface area contributed by atoms with Gasteiger partial charge in [0.15, 0.2) is 0 Å². The average molecular weight is 215 g/mol. The highest BCUT2D eigenvalue weighted by Crippen LogP contribution is 2.10. The van der Waals surface area contributed by atoms with Crippen molar-refractivity contribution in [1.82, 2.24) is 0 Å². The van der Waals surface area contributed by atoms with Gasteiger partial charge in [-0.1, -0.05) is 12.1 Å². The fraction of sp³-hybridized carbons (Fsp3) is 0.222. The Labute approximate surface area is 85.4 Å². The first-order valence-corrected chi connectivity index (χ1v) is 3.86. The van der Waals surface area contributed by atoms with Crippen molar-refractivity contribution in [2.45, 2.75) is 12.5 Å². The predicted octanol–water partition coefficient (Wildman–Crippen LogP) is 0.405. The number of phenolic OH excluding ortho intramolecular Hbond substituents is 1. The van der Waals surface area contributed by atoms with E-state index in [1.54, 1.807) is 12.1 Å². The van der Waals surface area contributed by atoms with E-state index in [9.17, 15) is 4.79 Å². The van der Waals surface area contributed by atoms with E-state index in [-0.39, 0.29) is 22.1 Å². The molecule has 0 radical (unpaired) electrons. The molecule has 4 nitrogen and oxygen atoms in total. The predicted molar refractivity (Wildman–Crippen MR) is 58.5 cm³/mol. The van der Waals surface area contributed by atoms with Crippen LogP contribution in [0.4, 0.5) is 0 Å². The van der Waals surface area contributed by atoms with Crippen LogP contribution in [0, 0.1) is 0 Å². The van der Waals surface area contributed by atoms with Crippen LogP contribution in [0.2, 0.25) is 0 Å². The first kappa shape index (κ1) is 12.9. The molecule has 0 heterocycles. The molecule has 0 saturated heterocycles. The second-order valence-corrected chi connectivity index (χ2v) is 2.82. The molecule has 0 aliphatic rings. The molecule has 0 saturated carbocycles. The summed E-state index contributed by atoms with van der Waals surface area (Å²) in [5.74, 6) is -0.860. The van der Waals surface area contributed by atoms with E-state index in [1.807, 2.05) is 0 Å². The maximum Gasteiger partial charge on any atom is 0.320 e. The number of carboxylic acid groups (broad SMARTS) is 1. The van der Waals surface area contributed by atoms with Gasteiger partial charge >= 0.3 is 5.97 Å². The molecular weight excluding hydrogens is 201 g/mol. The molecule has 0 aliphatic heterocycles. The summed E-state index contributed by atoms with van der Waals surface area (Å²) >= 11 is 0. The van der Waals surface area contributed by atoms with Gasteiger partial charge in [0.05, 0.1) is 0 Å². The SMILES string of the molecule is NC(Cc1ccc(O)cc1)C(=O)O.P. The standard InChI is InChI=1S/C9H11NO3.H3P/c10-8(9(12)13)5-6-1-3-7(11)4-2-6;/h1-4,8,11H,5,10H2,(H,12,13);1H3. The minimum atomic E-state index is -1.02. The summed E-state index contributed by atoms with van der Waals surface area (Å²) in [4.78, 5) is 10.4. The molecule has 78 valence electrons. The van der Waals surface area contributed by atoms with E-state index < -0.39 is 12.0 Å². The summed E-state index contributed by atoms with van der Waals surface area (Å²) in [7, 11) is 0. The van der Waals surface area contributed by atoms with Crippen LogP contribution in [0.1, 0.15) is 5.56 Å². The van der Waals surface area contributed by atoms with Crippen LogP contribution in [0.5, 0.6) is 5.75 Å². The molecule has 0 fully saturated rings. The van der Waals surface area contributed by atoms with Gasteiger partial charge in [0, 0.05) is 0 Å². The summed E-state index contributed by atoms with van der Waals surface area (Å²) < 4.78 is 0. The van der Waals surface area contributed by atoms with Crippen molar-refractivity contribution in [3.8, 4) is 5.75 Å². The molecule has 0 aromatic heterocycles. The second kappa shape index (κ2) is 5.58. The van der Waals surface area contributed by atoms with Gasteiger partial charge in [-0.05, 0) is 24.1 Å². The third-order valence-corrected chi connectivity index (χ3v) is 1.71. The zero-order chi connectivity index (χ0) is 9.84. The number of hydrogen-bond donors (Lipinski definition) is 3. The highest BCUT2D eigenvalue weighted by atomic mass is 31.0. The lowest BCUT2D eigenvalue weighted by Crippen LogP contribution is -2.32. The molecule has 4 N–H and O–H groups in total. The molecule has 0 aliphatic carbocycles. The highest BCUT2D eigenvalue weighted by molar-refractivity contribution is 6.92. The zero-order valence-electron chi connectivity index (χ0n) is 7.68. The van der Waals surface area contributed by atoms with E-state index in [4.69, 9.17) is 15.9 Å². The van der Waals surface area contributed by atoms with Crippen molar-refractivity contribution < 1.29 is 15.0 Å². The van der Waals surface area contributed by atoms with Gasteiger partial charge in [-0.15, -0.1) is 0 Å². The Morgan fingerprint density at radius 2 is 1.86 bits per heavy atom. The van der Waals surface area contributed by atoms with Crippen LogP contribution in [0.15, 0.2) is 24.3 Å². The van der Waals surface area contributed by atoms with Crippen molar-refractivity contribution in [3.63, 3.8) is 0 Å². The fourth-order valence-corrected chi connectivity index (χ4v) is 0.973. The molecule has 0 bridgehead atoms.